The third kappa shape index (κ3) is 4.29. The predicted molar refractivity (Wildman–Crippen MR) is 100 cm³/mol. The van der Waals surface area contributed by atoms with Gasteiger partial charge < -0.3 is 4.74 Å². The molecule has 0 aromatic heterocycles. The number of carbonyl (C=O) groups is 1. The number of nitrogens with one attached hydrogen (secondary N) is 1. The number of ether oxygens (including phenoxy) is 1. The van der Waals surface area contributed by atoms with Gasteiger partial charge in [-0.05, 0) is 43.3 Å². The van der Waals surface area contributed by atoms with Crippen molar-refractivity contribution in [3.63, 3.8) is 0 Å². The molecule has 0 heterocycles. The van der Waals surface area contributed by atoms with Crippen LogP contribution in [0.15, 0.2) is 83.8 Å². The molecular weight excluding hydrogens is 350 g/mol. The average Bonchev–Trinajstić information content (AvgIpc) is 2.62. The average molecular weight is 367 g/mol. The van der Waals surface area contributed by atoms with E-state index >= 15 is 0 Å². The van der Waals surface area contributed by atoms with Gasteiger partial charge in [-0.2, -0.15) is 0 Å². The van der Waals surface area contributed by atoms with E-state index in [1.54, 1.807) is 36.4 Å². The molecule has 0 unspecified atom stereocenters. The summed E-state index contributed by atoms with van der Waals surface area (Å²) in [6, 6.07) is 21.8. The summed E-state index contributed by atoms with van der Waals surface area (Å²) in [5, 5.41) is 0. The number of ketones is 1. The van der Waals surface area contributed by atoms with E-state index in [4.69, 9.17) is 4.74 Å². The molecular formula is C20H17NO4S. The number of anilines is 1. The minimum Gasteiger partial charge on any atom is -0.457 e. The largest absolute Gasteiger partial charge is 0.457 e. The standard InChI is InChI=1S/C20H17NO4S/c1-15(22)16-7-5-12-20(13-16)26(23,24)21-17-8-6-11-19(14-17)25-18-9-3-2-4-10-18/h2-14,21H,1H3. The fraction of sp³-hybridized carbons (Fsp3) is 0.0500. The molecule has 3 rings (SSSR count). The molecule has 0 aliphatic heterocycles. The zero-order valence-corrected chi connectivity index (χ0v) is 14.9. The monoisotopic (exact) mass is 367 g/mol. The first kappa shape index (κ1) is 17.7. The molecule has 0 spiro atoms. The van der Waals surface area contributed by atoms with E-state index in [0.717, 1.165) is 0 Å². The van der Waals surface area contributed by atoms with E-state index in [9.17, 15) is 13.2 Å². The van der Waals surface area contributed by atoms with Gasteiger partial charge in [-0.3, -0.25) is 9.52 Å². The Bertz CT molecular complexity index is 1030. The van der Waals surface area contributed by atoms with Crippen LogP contribution in [-0.4, -0.2) is 14.2 Å². The summed E-state index contributed by atoms with van der Waals surface area (Å²) < 4.78 is 33.4. The molecule has 0 aliphatic carbocycles. The number of hydrogen-bond acceptors (Lipinski definition) is 4. The fourth-order valence-corrected chi connectivity index (χ4v) is 3.44. The van der Waals surface area contributed by atoms with Gasteiger partial charge in [0.1, 0.15) is 11.5 Å². The van der Waals surface area contributed by atoms with Gasteiger partial charge in [0.15, 0.2) is 5.78 Å². The molecule has 6 heteroatoms. The summed E-state index contributed by atoms with van der Waals surface area (Å²) in [5.74, 6) is 0.968. The van der Waals surface area contributed by atoms with Crippen molar-refractivity contribution >= 4 is 21.5 Å². The van der Waals surface area contributed by atoms with E-state index in [1.807, 2.05) is 30.3 Å². The number of hydrogen-bond donors (Lipinski definition) is 1. The molecule has 3 aromatic rings. The quantitative estimate of drug-likeness (QED) is 0.652. The number of sulfonamides is 1. The topological polar surface area (TPSA) is 72.5 Å². The minimum absolute atomic E-state index is 0.0274. The van der Waals surface area contributed by atoms with E-state index < -0.39 is 10.0 Å². The molecule has 5 nitrogen and oxygen atoms in total. The molecule has 132 valence electrons. The van der Waals surface area contributed by atoms with Crippen molar-refractivity contribution in [3.8, 4) is 11.5 Å². The SMILES string of the molecule is CC(=O)c1cccc(S(=O)(=O)Nc2cccc(Oc3ccccc3)c2)c1. The van der Waals surface area contributed by atoms with Crippen molar-refractivity contribution in [2.45, 2.75) is 11.8 Å². The Morgan fingerprint density at radius 1 is 0.846 bits per heavy atom. The molecule has 26 heavy (non-hydrogen) atoms. The van der Waals surface area contributed by atoms with Crippen molar-refractivity contribution in [2.24, 2.45) is 0 Å². The Hall–Kier alpha value is -3.12. The molecule has 1 N–H and O–H groups in total. The third-order valence-corrected chi connectivity index (χ3v) is 4.99. The molecule has 3 aromatic carbocycles. The van der Waals surface area contributed by atoms with Crippen molar-refractivity contribution < 1.29 is 17.9 Å². The highest BCUT2D eigenvalue weighted by atomic mass is 32.2. The summed E-state index contributed by atoms with van der Waals surface area (Å²) >= 11 is 0. The normalized spacial score (nSPS) is 11.0. The van der Waals surface area contributed by atoms with Gasteiger partial charge in [-0.25, -0.2) is 8.42 Å². The van der Waals surface area contributed by atoms with E-state index in [-0.39, 0.29) is 10.7 Å². The summed E-state index contributed by atoms with van der Waals surface area (Å²) in [6.07, 6.45) is 0. The second-order valence-electron chi connectivity index (χ2n) is 5.63. The zero-order valence-electron chi connectivity index (χ0n) is 14.0. The number of benzene rings is 3. The van der Waals surface area contributed by atoms with Crippen molar-refractivity contribution in [1.82, 2.24) is 0 Å². The number of carbonyl (C=O) groups excluding carboxylic acids is 1. The maximum absolute atomic E-state index is 12.6. The highest BCUT2D eigenvalue weighted by molar-refractivity contribution is 7.92. The lowest BCUT2D eigenvalue weighted by atomic mass is 10.2. The maximum Gasteiger partial charge on any atom is 0.261 e. The fourth-order valence-electron chi connectivity index (χ4n) is 2.34. The van der Waals surface area contributed by atoms with Crippen LogP contribution in [0.25, 0.3) is 0 Å². The van der Waals surface area contributed by atoms with Crippen LogP contribution in [0.1, 0.15) is 17.3 Å². The summed E-state index contributed by atoms with van der Waals surface area (Å²) in [5.41, 5.74) is 0.709. The summed E-state index contributed by atoms with van der Waals surface area (Å²) in [7, 11) is -3.82. The van der Waals surface area contributed by atoms with Crippen LogP contribution in [0.2, 0.25) is 0 Å². The second kappa shape index (κ2) is 7.41. The third-order valence-electron chi connectivity index (χ3n) is 3.62. The Morgan fingerprint density at radius 3 is 2.27 bits per heavy atom. The van der Waals surface area contributed by atoms with Gasteiger partial charge in [-0.1, -0.05) is 36.4 Å². The van der Waals surface area contributed by atoms with Gasteiger partial charge >= 0.3 is 0 Å². The Kier molecular flexibility index (Phi) is 5.04. The number of Topliss-reactive ketones (excluding diaryl/α,β-unsaturated/α-hetero) is 1. The van der Waals surface area contributed by atoms with Crippen LogP contribution in [0.4, 0.5) is 5.69 Å². The molecule has 0 aliphatic rings. The van der Waals surface area contributed by atoms with Crippen LogP contribution >= 0.6 is 0 Å². The van der Waals surface area contributed by atoms with Crippen molar-refractivity contribution in [1.29, 1.82) is 0 Å². The smallest absolute Gasteiger partial charge is 0.261 e. The first-order valence-corrected chi connectivity index (χ1v) is 9.39. The molecule has 0 saturated carbocycles. The van der Waals surface area contributed by atoms with Gasteiger partial charge in [-0.15, -0.1) is 0 Å². The number of para-hydroxylation sites is 1. The molecule has 0 atom stereocenters. The number of rotatable bonds is 6. The van der Waals surface area contributed by atoms with Crippen LogP contribution in [0.5, 0.6) is 11.5 Å². The lowest BCUT2D eigenvalue weighted by molar-refractivity contribution is 0.101. The van der Waals surface area contributed by atoms with Crippen molar-refractivity contribution in [2.75, 3.05) is 4.72 Å². The molecule has 0 bridgehead atoms. The van der Waals surface area contributed by atoms with Crippen LogP contribution in [-0.2, 0) is 10.0 Å². The molecule has 0 saturated heterocycles. The Morgan fingerprint density at radius 2 is 1.54 bits per heavy atom. The van der Waals surface area contributed by atoms with E-state index in [0.29, 0.717) is 22.7 Å². The first-order chi connectivity index (χ1) is 12.4. The lowest BCUT2D eigenvalue weighted by Crippen LogP contribution is -2.13. The van der Waals surface area contributed by atoms with E-state index in [1.165, 1.54) is 19.1 Å². The van der Waals surface area contributed by atoms with E-state index in [2.05, 4.69) is 4.72 Å². The van der Waals surface area contributed by atoms with Gasteiger partial charge in [0.2, 0.25) is 0 Å². The maximum atomic E-state index is 12.6. The first-order valence-electron chi connectivity index (χ1n) is 7.91. The van der Waals surface area contributed by atoms with Crippen LogP contribution in [0.3, 0.4) is 0 Å². The highest BCUT2D eigenvalue weighted by Gasteiger charge is 2.16. The predicted octanol–water partition coefficient (Wildman–Crippen LogP) is 4.48. The van der Waals surface area contributed by atoms with Gasteiger partial charge in [0.25, 0.3) is 10.0 Å². The summed E-state index contributed by atoms with van der Waals surface area (Å²) in [4.78, 5) is 11.5. The van der Waals surface area contributed by atoms with Crippen LogP contribution in [0, 0.1) is 0 Å². The second-order valence-corrected chi connectivity index (χ2v) is 7.31. The lowest BCUT2D eigenvalue weighted by Gasteiger charge is -2.11. The molecule has 0 radical (unpaired) electrons. The zero-order chi connectivity index (χ0) is 18.6. The Labute approximate surface area is 152 Å². The molecule has 0 amide bonds. The van der Waals surface area contributed by atoms with Crippen LogP contribution < -0.4 is 9.46 Å². The summed E-state index contributed by atoms with van der Waals surface area (Å²) in [6.45, 7) is 1.39. The van der Waals surface area contributed by atoms with Gasteiger partial charge in [0, 0.05) is 11.6 Å². The van der Waals surface area contributed by atoms with Crippen molar-refractivity contribution in [3.05, 3.63) is 84.4 Å². The minimum atomic E-state index is -3.82. The van der Waals surface area contributed by atoms with Gasteiger partial charge in [0.05, 0.1) is 10.6 Å². The highest BCUT2D eigenvalue weighted by Crippen LogP contribution is 2.25. The molecule has 0 fully saturated rings. The Balaban J connectivity index is 1.83.